The highest BCUT2D eigenvalue weighted by molar-refractivity contribution is 5.85. The average Bonchev–Trinajstić information content (AvgIpc) is 3.11. The lowest BCUT2D eigenvalue weighted by atomic mass is 9.80. The minimum atomic E-state index is 0.115. The van der Waals surface area contributed by atoms with E-state index in [1.165, 1.54) is 17.4 Å². The van der Waals surface area contributed by atoms with Gasteiger partial charge < -0.3 is 4.74 Å². The molecule has 104 valence electrons. The number of pyridine rings is 1. The van der Waals surface area contributed by atoms with Gasteiger partial charge in [-0.15, -0.1) is 0 Å². The van der Waals surface area contributed by atoms with Gasteiger partial charge in [-0.1, -0.05) is 24.3 Å². The number of rotatable bonds is 3. The standard InChI is InChI=1S/C16H19N3O/c17-19-16(13-7-11-5-6-15(13)20-11)14-9-18-8-10-3-1-2-4-12(10)14/h1-4,8-9,11,13,15-16,19H,5-7,17H2. The molecule has 4 atom stereocenters. The van der Waals surface area contributed by atoms with E-state index >= 15 is 0 Å². The van der Waals surface area contributed by atoms with Gasteiger partial charge in [-0.3, -0.25) is 16.3 Å². The van der Waals surface area contributed by atoms with Gasteiger partial charge in [0.15, 0.2) is 0 Å². The van der Waals surface area contributed by atoms with Crippen LogP contribution in [0, 0.1) is 5.92 Å². The Balaban J connectivity index is 1.76. The normalized spacial score (nSPS) is 29.9. The van der Waals surface area contributed by atoms with Crippen LogP contribution in [0.5, 0.6) is 0 Å². The Kier molecular flexibility index (Phi) is 2.95. The van der Waals surface area contributed by atoms with Gasteiger partial charge >= 0.3 is 0 Å². The van der Waals surface area contributed by atoms with Gasteiger partial charge in [-0.25, -0.2) is 0 Å². The highest BCUT2D eigenvalue weighted by atomic mass is 16.5. The maximum Gasteiger partial charge on any atom is 0.0627 e. The van der Waals surface area contributed by atoms with Crippen LogP contribution in [0.1, 0.15) is 30.9 Å². The molecule has 2 saturated heterocycles. The van der Waals surface area contributed by atoms with E-state index in [4.69, 9.17) is 10.6 Å². The summed E-state index contributed by atoms with van der Waals surface area (Å²) in [4.78, 5) is 4.38. The number of aromatic nitrogens is 1. The van der Waals surface area contributed by atoms with Crippen LogP contribution in [0.3, 0.4) is 0 Å². The van der Waals surface area contributed by atoms with Crippen LogP contribution in [0.4, 0.5) is 0 Å². The molecular formula is C16H19N3O. The smallest absolute Gasteiger partial charge is 0.0627 e. The summed E-state index contributed by atoms with van der Waals surface area (Å²) in [5, 5.41) is 2.39. The molecule has 4 rings (SSSR count). The van der Waals surface area contributed by atoms with Crippen LogP contribution in [0.15, 0.2) is 36.7 Å². The molecule has 2 aliphatic heterocycles. The molecule has 4 heteroatoms. The van der Waals surface area contributed by atoms with E-state index in [9.17, 15) is 0 Å². The molecule has 20 heavy (non-hydrogen) atoms. The van der Waals surface area contributed by atoms with Crippen LogP contribution < -0.4 is 11.3 Å². The summed E-state index contributed by atoms with van der Waals surface area (Å²) in [5.74, 6) is 6.32. The third-order valence-electron chi connectivity index (χ3n) is 4.79. The fraction of sp³-hybridized carbons (Fsp3) is 0.438. The summed E-state index contributed by atoms with van der Waals surface area (Å²) in [7, 11) is 0. The van der Waals surface area contributed by atoms with Crippen molar-refractivity contribution in [3.05, 3.63) is 42.2 Å². The van der Waals surface area contributed by atoms with Crippen LogP contribution in [0.2, 0.25) is 0 Å². The van der Waals surface area contributed by atoms with Gasteiger partial charge in [0.2, 0.25) is 0 Å². The number of ether oxygens (including phenoxy) is 1. The van der Waals surface area contributed by atoms with Gasteiger partial charge in [0.05, 0.1) is 18.2 Å². The number of fused-ring (bicyclic) bond motifs is 3. The van der Waals surface area contributed by atoms with Crippen molar-refractivity contribution in [2.24, 2.45) is 11.8 Å². The SMILES string of the molecule is NNC(c1cncc2ccccc12)C1CC2CCC1O2. The molecule has 2 aromatic rings. The minimum absolute atomic E-state index is 0.115. The number of nitrogens with one attached hydrogen (secondary N) is 1. The highest BCUT2D eigenvalue weighted by Crippen LogP contribution is 2.45. The van der Waals surface area contributed by atoms with Crippen molar-refractivity contribution >= 4 is 10.8 Å². The van der Waals surface area contributed by atoms with E-state index in [0.29, 0.717) is 18.1 Å². The predicted molar refractivity (Wildman–Crippen MR) is 77.8 cm³/mol. The summed E-state index contributed by atoms with van der Waals surface area (Å²) in [6.07, 6.45) is 8.09. The first-order valence-corrected chi connectivity index (χ1v) is 7.31. The minimum Gasteiger partial charge on any atom is -0.375 e. The Bertz CT molecular complexity index is 625. The van der Waals surface area contributed by atoms with Crippen molar-refractivity contribution in [2.45, 2.75) is 37.5 Å². The molecule has 2 aliphatic rings. The number of nitrogens with zero attached hydrogens (tertiary/aromatic N) is 1. The molecule has 2 bridgehead atoms. The molecule has 0 amide bonds. The fourth-order valence-electron chi connectivity index (χ4n) is 3.86. The second-order valence-corrected chi connectivity index (χ2v) is 5.87. The van der Waals surface area contributed by atoms with E-state index < -0.39 is 0 Å². The number of nitrogens with two attached hydrogens (primary N) is 1. The molecule has 0 radical (unpaired) electrons. The summed E-state index contributed by atoms with van der Waals surface area (Å²) < 4.78 is 5.99. The third-order valence-corrected chi connectivity index (χ3v) is 4.79. The van der Waals surface area contributed by atoms with Crippen molar-refractivity contribution in [2.75, 3.05) is 0 Å². The quantitative estimate of drug-likeness (QED) is 0.663. The lowest BCUT2D eigenvalue weighted by Crippen LogP contribution is -2.37. The number of hydrogen-bond donors (Lipinski definition) is 2. The molecule has 1 aromatic carbocycles. The summed E-state index contributed by atoms with van der Waals surface area (Å²) >= 11 is 0. The Hall–Kier alpha value is -1.49. The topological polar surface area (TPSA) is 60.2 Å². The Labute approximate surface area is 118 Å². The van der Waals surface area contributed by atoms with Crippen LogP contribution in [0.25, 0.3) is 10.8 Å². The molecule has 4 unspecified atom stereocenters. The summed E-state index contributed by atoms with van der Waals surface area (Å²) in [5.41, 5.74) is 4.20. The van der Waals surface area contributed by atoms with Crippen molar-refractivity contribution in [1.29, 1.82) is 0 Å². The maximum absolute atomic E-state index is 5.99. The van der Waals surface area contributed by atoms with Crippen LogP contribution in [-0.4, -0.2) is 17.2 Å². The zero-order chi connectivity index (χ0) is 13.5. The van der Waals surface area contributed by atoms with Crippen LogP contribution in [-0.2, 0) is 4.74 Å². The predicted octanol–water partition coefficient (Wildman–Crippen LogP) is 2.31. The van der Waals surface area contributed by atoms with Gasteiger partial charge in [0, 0.05) is 23.7 Å². The van der Waals surface area contributed by atoms with Gasteiger partial charge in [0.25, 0.3) is 0 Å². The lowest BCUT2D eigenvalue weighted by Gasteiger charge is -2.28. The molecule has 1 aromatic heterocycles. The van der Waals surface area contributed by atoms with Crippen molar-refractivity contribution in [3.8, 4) is 0 Å². The molecule has 0 saturated carbocycles. The zero-order valence-corrected chi connectivity index (χ0v) is 11.3. The second kappa shape index (κ2) is 4.81. The molecule has 4 nitrogen and oxygen atoms in total. The van der Waals surface area contributed by atoms with Gasteiger partial charge in [-0.05, 0) is 30.2 Å². The first-order chi connectivity index (χ1) is 9.86. The molecule has 0 aliphatic carbocycles. The van der Waals surface area contributed by atoms with Crippen molar-refractivity contribution < 1.29 is 4.74 Å². The van der Waals surface area contributed by atoms with E-state index in [0.717, 1.165) is 18.2 Å². The second-order valence-electron chi connectivity index (χ2n) is 5.87. The number of benzene rings is 1. The molecule has 2 fully saturated rings. The molecule has 3 heterocycles. The Morgan fingerprint density at radius 3 is 2.90 bits per heavy atom. The average molecular weight is 269 g/mol. The lowest BCUT2D eigenvalue weighted by molar-refractivity contribution is 0.0857. The number of hydrogen-bond acceptors (Lipinski definition) is 4. The summed E-state index contributed by atoms with van der Waals surface area (Å²) in [6, 6.07) is 8.46. The van der Waals surface area contributed by atoms with E-state index in [2.05, 4.69) is 28.6 Å². The van der Waals surface area contributed by atoms with Crippen LogP contribution >= 0.6 is 0 Å². The van der Waals surface area contributed by atoms with Gasteiger partial charge in [0.1, 0.15) is 0 Å². The maximum atomic E-state index is 5.99. The first-order valence-electron chi connectivity index (χ1n) is 7.31. The molecular weight excluding hydrogens is 250 g/mol. The molecule has 0 spiro atoms. The number of hydrazine groups is 1. The molecule has 3 N–H and O–H groups in total. The van der Waals surface area contributed by atoms with E-state index in [-0.39, 0.29) is 6.04 Å². The van der Waals surface area contributed by atoms with E-state index in [1.807, 2.05) is 18.5 Å². The Morgan fingerprint density at radius 2 is 2.15 bits per heavy atom. The first kappa shape index (κ1) is 12.3. The van der Waals surface area contributed by atoms with Crippen molar-refractivity contribution in [3.63, 3.8) is 0 Å². The highest BCUT2D eigenvalue weighted by Gasteiger charge is 2.44. The Morgan fingerprint density at radius 1 is 1.25 bits per heavy atom. The van der Waals surface area contributed by atoms with E-state index in [1.54, 1.807) is 0 Å². The fourth-order valence-corrected chi connectivity index (χ4v) is 3.86. The summed E-state index contributed by atoms with van der Waals surface area (Å²) in [6.45, 7) is 0. The monoisotopic (exact) mass is 269 g/mol. The van der Waals surface area contributed by atoms with Crippen molar-refractivity contribution in [1.82, 2.24) is 10.4 Å². The third kappa shape index (κ3) is 1.84. The zero-order valence-electron chi connectivity index (χ0n) is 11.3. The van der Waals surface area contributed by atoms with Gasteiger partial charge in [-0.2, -0.15) is 0 Å². The largest absolute Gasteiger partial charge is 0.375 e.